The number of hydrogen-bond acceptors (Lipinski definition) is 3. The van der Waals surface area contributed by atoms with E-state index in [4.69, 9.17) is 0 Å². The first-order valence-corrected chi connectivity index (χ1v) is 8.82. The predicted molar refractivity (Wildman–Crippen MR) is 96.7 cm³/mol. The van der Waals surface area contributed by atoms with Gasteiger partial charge in [-0.1, -0.05) is 13.8 Å². The molecule has 1 aromatic carbocycles. The minimum Gasteiger partial charge on any atom is -0.478 e. The van der Waals surface area contributed by atoms with Crippen molar-refractivity contribution in [1.29, 1.82) is 0 Å². The third kappa shape index (κ3) is 3.79. The average molecular weight is 329 g/mol. The Hall–Kier alpha value is -1.85. The lowest BCUT2D eigenvalue weighted by Gasteiger charge is -2.26. The van der Waals surface area contributed by atoms with Crippen molar-refractivity contribution in [2.24, 2.45) is 5.92 Å². The number of rotatable bonds is 6. The van der Waals surface area contributed by atoms with Crippen molar-refractivity contribution in [2.75, 3.05) is 32.7 Å². The summed E-state index contributed by atoms with van der Waals surface area (Å²) in [5.41, 5.74) is 2.77. The Morgan fingerprint density at radius 2 is 2.04 bits per heavy atom. The average Bonchev–Trinajstić information content (AvgIpc) is 2.90. The van der Waals surface area contributed by atoms with Gasteiger partial charge in [-0.25, -0.2) is 4.79 Å². The van der Waals surface area contributed by atoms with Crippen LogP contribution in [0.15, 0.2) is 24.4 Å². The van der Waals surface area contributed by atoms with E-state index in [0.717, 1.165) is 56.6 Å². The molecule has 3 rings (SSSR count). The summed E-state index contributed by atoms with van der Waals surface area (Å²) >= 11 is 0. The fourth-order valence-electron chi connectivity index (χ4n) is 3.46. The maximum Gasteiger partial charge on any atom is 0.335 e. The van der Waals surface area contributed by atoms with Gasteiger partial charge in [0.25, 0.3) is 0 Å². The number of hydrogen-bond donors (Lipinski definition) is 2. The van der Waals surface area contributed by atoms with Crippen molar-refractivity contribution in [1.82, 2.24) is 14.8 Å². The monoisotopic (exact) mass is 329 g/mol. The molecule has 1 aliphatic heterocycles. The first kappa shape index (κ1) is 17.0. The molecule has 2 N–H and O–H groups in total. The summed E-state index contributed by atoms with van der Waals surface area (Å²) in [4.78, 5) is 13.8. The fourth-order valence-corrected chi connectivity index (χ4v) is 3.46. The number of fused-ring (bicyclic) bond motifs is 1. The molecule has 1 saturated heterocycles. The largest absolute Gasteiger partial charge is 0.478 e. The van der Waals surface area contributed by atoms with Crippen molar-refractivity contribution >= 4 is 16.9 Å². The molecule has 24 heavy (non-hydrogen) atoms. The Balaban J connectivity index is 1.88. The van der Waals surface area contributed by atoms with E-state index in [2.05, 4.69) is 34.8 Å². The van der Waals surface area contributed by atoms with Gasteiger partial charge in [0.2, 0.25) is 0 Å². The van der Waals surface area contributed by atoms with Crippen molar-refractivity contribution in [3.05, 3.63) is 35.5 Å². The molecule has 0 spiro atoms. The van der Waals surface area contributed by atoms with E-state index in [-0.39, 0.29) is 0 Å². The maximum atomic E-state index is 11.3. The summed E-state index contributed by atoms with van der Waals surface area (Å²) in [5.74, 6) is -0.303. The van der Waals surface area contributed by atoms with Crippen LogP contribution in [-0.4, -0.2) is 53.3 Å². The van der Waals surface area contributed by atoms with E-state index in [1.807, 2.05) is 12.1 Å². The number of nitrogens with one attached hydrogen (secondary N) is 1. The van der Waals surface area contributed by atoms with Gasteiger partial charge in [-0.3, -0.25) is 0 Å². The quantitative estimate of drug-likeness (QED) is 0.855. The van der Waals surface area contributed by atoms with Gasteiger partial charge in [-0.05, 0) is 36.1 Å². The second-order valence-corrected chi connectivity index (χ2v) is 7.08. The lowest BCUT2D eigenvalue weighted by molar-refractivity contribution is 0.0697. The highest BCUT2D eigenvalue weighted by molar-refractivity contribution is 5.95. The maximum absolute atomic E-state index is 11.3. The van der Waals surface area contributed by atoms with Gasteiger partial charge >= 0.3 is 5.97 Å². The summed E-state index contributed by atoms with van der Waals surface area (Å²) in [6.45, 7) is 10.7. The molecule has 0 atom stereocenters. The molecule has 0 radical (unpaired) electrons. The molecule has 130 valence electrons. The van der Waals surface area contributed by atoms with Gasteiger partial charge in [0.05, 0.1) is 5.56 Å². The number of carboxylic acid groups (broad SMARTS) is 1. The first-order valence-electron chi connectivity index (χ1n) is 8.82. The molecule has 1 fully saturated rings. The third-order valence-electron chi connectivity index (χ3n) is 4.68. The smallest absolute Gasteiger partial charge is 0.335 e. The van der Waals surface area contributed by atoms with E-state index in [9.17, 15) is 9.90 Å². The van der Waals surface area contributed by atoms with E-state index >= 15 is 0 Å². The van der Waals surface area contributed by atoms with Gasteiger partial charge in [0.1, 0.15) is 0 Å². The number of aromatic carboxylic acids is 1. The van der Waals surface area contributed by atoms with Crippen LogP contribution in [0.5, 0.6) is 0 Å². The molecule has 0 aliphatic carbocycles. The normalized spacial score (nSPS) is 16.1. The van der Waals surface area contributed by atoms with Crippen LogP contribution in [0.1, 0.15) is 29.8 Å². The first-order chi connectivity index (χ1) is 11.5. The van der Waals surface area contributed by atoms with Gasteiger partial charge in [0, 0.05) is 56.4 Å². The second kappa shape index (κ2) is 7.36. The standard InChI is InChI=1S/C19H27N3O2/c1-14(2)12-22-13-16(5-8-21-9-6-20-7-10-21)17-11-15(19(23)24)3-4-18(17)22/h3-4,11,13-14,20H,5-10,12H2,1-2H3,(H,23,24). The van der Waals surface area contributed by atoms with Crippen molar-refractivity contribution in [3.63, 3.8) is 0 Å². The highest BCUT2D eigenvalue weighted by Crippen LogP contribution is 2.25. The van der Waals surface area contributed by atoms with Crippen LogP contribution >= 0.6 is 0 Å². The zero-order valence-corrected chi connectivity index (χ0v) is 14.6. The minimum absolute atomic E-state index is 0.369. The molecule has 2 heterocycles. The van der Waals surface area contributed by atoms with E-state index < -0.39 is 5.97 Å². The fraction of sp³-hybridized carbons (Fsp3) is 0.526. The zero-order valence-electron chi connectivity index (χ0n) is 14.6. The highest BCUT2D eigenvalue weighted by atomic mass is 16.4. The molecule has 2 aromatic rings. The van der Waals surface area contributed by atoms with Crippen LogP contribution < -0.4 is 5.32 Å². The highest BCUT2D eigenvalue weighted by Gasteiger charge is 2.15. The molecule has 0 unspecified atom stereocenters. The van der Waals surface area contributed by atoms with Crippen molar-refractivity contribution < 1.29 is 9.90 Å². The summed E-state index contributed by atoms with van der Waals surface area (Å²) in [6.07, 6.45) is 3.18. The van der Waals surface area contributed by atoms with Crippen LogP contribution in [0, 0.1) is 5.92 Å². The number of piperazine rings is 1. The number of nitrogens with zero attached hydrogens (tertiary/aromatic N) is 2. The SMILES string of the molecule is CC(C)Cn1cc(CCN2CCNCC2)c2cc(C(=O)O)ccc21. The number of aromatic nitrogens is 1. The number of carbonyl (C=O) groups is 1. The van der Waals surface area contributed by atoms with Gasteiger partial charge in [-0.15, -0.1) is 0 Å². The molecule has 1 aromatic heterocycles. The Morgan fingerprint density at radius 1 is 1.29 bits per heavy atom. The predicted octanol–water partition coefficient (Wildman–Crippen LogP) is 2.44. The number of carboxylic acids is 1. The van der Waals surface area contributed by atoms with E-state index in [1.54, 1.807) is 6.07 Å². The Kier molecular flexibility index (Phi) is 5.21. The number of benzene rings is 1. The third-order valence-corrected chi connectivity index (χ3v) is 4.68. The van der Waals surface area contributed by atoms with E-state index in [1.165, 1.54) is 5.56 Å². The van der Waals surface area contributed by atoms with Crippen LogP contribution in [0.3, 0.4) is 0 Å². The summed E-state index contributed by atoms with van der Waals surface area (Å²) in [5, 5.41) is 13.8. The Bertz CT molecular complexity index is 715. The topological polar surface area (TPSA) is 57.5 Å². The molecular weight excluding hydrogens is 302 g/mol. The summed E-state index contributed by atoms with van der Waals surface area (Å²) in [6, 6.07) is 5.50. The lowest BCUT2D eigenvalue weighted by Crippen LogP contribution is -2.44. The van der Waals surface area contributed by atoms with Crippen LogP contribution in [0.2, 0.25) is 0 Å². The van der Waals surface area contributed by atoms with E-state index in [0.29, 0.717) is 11.5 Å². The minimum atomic E-state index is -0.860. The van der Waals surface area contributed by atoms with Crippen molar-refractivity contribution in [2.45, 2.75) is 26.8 Å². The van der Waals surface area contributed by atoms with Crippen molar-refractivity contribution in [3.8, 4) is 0 Å². The van der Waals surface area contributed by atoms with Gasteiger partial charge in [0.15, 0.2) is 0 Å². The zero-order chi connectivity index (χ0) is 17.1. The summed E-state index contributed by atoms with van der Waals surface area (Å²) < 4.78 is 2.28. The molecular formula is C19H27N3O2. The molecule has 5 nitrogen and oxygen atoms in total. The molecule has 5 heteroatoms. The lowest BCUT2D eigenvalue weighted by atomic mass is 10.1. The molecule has 0 bridgehead atoms. The second-order valence-electron chi connectivity index (χ2n) is 7.08. The summed E-state index contributed by atoms with van der Waals surface area (Å²) in [7, 11) is 0. The van der Waals surface area contributed by atoms with Gasteiger partial charge < -0.3 is 19.9 Å². The van der Waals surface area contributed by atoms with Crippen LogP contribution in [-0.2, 0) is 13.0 Å². The molecule has 0 saturated carbocycles. The van der Waals surface area contributed by atoms with Crippen LogP contribution in [0.25, 0.3) is 10.9 Å². The Morgan fingerprint density at radius 3 is 2.71 bits per heavy atom. The van der Waals surface area contributed by atoms with Gasteiger partial charge in [-0.2, -0.15) is 0 Å². The van der Waals surface area contributed by atoms with Crippen LogP contribution in [0.4, 0.5) is 0 Å². The Labute approximate surface area is 143 Å². The molecule has 1 aliphatic rings. The molecule has 0 amide bonds.